The number of hydrogen-bond acceptors (Lipinski definition) is 3. The first-order valence-corrected chi connectivity index (χ1v) is 11.8. The minimum Gasteiger partial charge on any atom is -0.487 e. The van der Waals surface area contributed by atoms with E-state index >= 15 is 0 Å². The molecule has 5 nitrogen and oxygen atoms in total. The summed E-state index contributed by atoms with van der Waals surface area (Å²) >= 11 is 5.80. The number of ether oxygens (including phenoxy) is 1. The number of amides is 1. The first-order valence-electron chi connectivity index (χ1n) is 11.4. The van der Waals surface area contributed by atoms with Crippen molar-refractivity contribution in [2.45, 2.75) is 38.7 Å². The zero-order chi connectivity index (χ0) is 25.2. The molecule has 0 radical (unpaired) electrons. The van der Waals surface area contributed by atoms with Crippen molar-refractivity contribution in [1.29, 1.82) is 0 Å². The molecule has 0 saturated heterocycles. The number of nitrogens with zero attached hydrogens (tertiary/aromatic N) is 1. The molecular formula is C28H27ClFNO4. The number of carbonyl (C=O) groups is 2. The summed E-state index contributed by atoms with van der Waals surface area (Å²) < 4.78 is 20.1. The second-order valence-corrected chi connectivity index (χ2v) is 9.68. The second-order valence-electron chi connectivity index (χ2n) is 9.27. The largest absolute Gasteiger partial charge is 0.487 e. The molecule has 1 heterocycles. The van der Waals surface area contributed by atoms with E-state index < -0.39 is 17.4 Å². The van der Waals surface area contributed by atoms with Gasteiger partial charge in [-0.1, -0.05) is 41.9 Å². The molecular weight excluding hydrogens is 469 g/mol. The topological polar surface area (TPSA) is 66.8 Å². The highest BCUT2D eigenvalue weighted by atomic mass is 35.5. The van der Waals surface area contributed by atoms with Crippen LogP contribution in [0.2, 0.25) is 5.02 Å². The lowest BCUT2D eigenvalue weighted by atomic mass is 9.91. The van der Waals surface area contributed by atoms with E-state index in [0.29, 0.717) is 37.1 Å². The summed E-state index contributed by atoms with van der Waals surface area (Å²) in [5.74, 6) is -1.20. The number of hydrogen-bond donors (Lipinski definition) is 1. The Balaban J connectivity index is 1.49. The predicted molar refractivity (Wildman–Crippen MR) is 133 cm³/mol. The molecule has 0 aromatic heterocycles. The molecule has 1 amide bonds. The lowest BCUT2D eigenvalue weighted by Gasteiger charge is -2.24. The maximum absolute atomic E-state index is 13.9. The van der Waals surface area contributed by atoms with E-state index in [1.165, 1.54) is 17.0 Å². The average molecular weight is 496 g/mol. The summed E-state index contributed by atoms with van der Waals surface area (Å²) in [6, 6.07) is 17.8. The third kappa shape index (κ3) is 5.82. The molecule has 182 valence electrons. The molecule has 0 unspecified atom stereocenters. The van der Waals surface area contributed by atoms with E-state index in [4.69, 9.17) is 16.3 Å². The average Bonchev–Trinajstić information content (AvgIpc) is 3.14. The molecule has 7 heteroatoms. The summed E-state index contributed by atoms with van der Waals surface area (Å²) in [6.45, 7) is 3.86. The number of benzene rings is 3. The molecule has 0 spiro atoms. The van der Waals surface area contributed by atoms with Crippen LogP contribution in [-0.4, -0.2) is 40.6 Å². The molecule has 1 N–H and O–H groups in total. The van der Waals surface area contributed by atoms with Gasteiger partial charge in [-0.05, 0) is 72.9 Å². The van der Waals surface area contributed by atoms with Crippen LogP contribution in [0.1, 0.15) is 39.5 Å². The number of aliphatic carboxylic acids is 1. The maximum atomic E-state index is 13.9. The van der Waals surface area contributed by atoms with E-state index in [1.54, 1.807) is 24.3 Å². The van der Waals surface area contributed by atoms with E-state index in [0.717, 1.165) is 22.3 Å². The van der Waals surface area contributed by atoms with Gasteiger partial charge in [-0.25, -0.2) is 4.39 Å². The van der Waals surface area contributed by atoms with Crippen molar-refractivity contribution in [3.63, 3.8) is 0 Å². The van der Waals surface area contributed by atoms with Gasteiger partial charge < -0.3 is 14.7 Å². The van der Waals surface area contributed by atoms with Gasteiger partial charge in [0, 0.05) is 24.9 Å². The minimum absolute atomic E-state index is 0.0750. The highest BCUT2D eigenvalue weighted by Gasteiger charge is 2.36. The Kier molecular flexibility index (Phi) is 7.13. The van der Waals surface area contributed by atoms with Crippen molar-refractivity contribution in [1.82, 2.24) is 4.90 Å². The zero-order valence-corrected chi connectivity index (χ0v) is 20.4. The van der Waals surface area contributed by atoms with Gasteiger partial charge in [-0.2, -0.15) is 0 Å². The number of fused-ring (bicyclic) bond motifs is 1. The van der Waals surface area contributed by atoms with Gasteiger partial charge in [0.2, 0.25) is 0 Å². The Hall–Kier alpha value is -3.38. The lowest BCUT2D eigenvalue weighted by molar-refractivity contribution is -0.137. The lowest BCUT2D eigenvalue weighted by Crippen LogP contribution is -2.37. The summed E-state index contributed by atoms with van der Waals surface area (Å²) in [5.41, 5.74) is 3.62. The standard InChI is InChI=1S/C28H27ClFNO4/c1-18-5-3-4-6-20(18)11-12-31(17-26(32)33)27(34)21-8-10-25-22(14-21)16-28(2,35-25)15-19-7-9-23(29)24(30)13-19/h3-10,13-14H,11-12,15-17H2,1-2H3,(H,32,33)/t28-/m0/s1. The number of halogens is 2. The Morgan fingerprint density at radius 3 is 2.63 bits per heavy atom. The molecule has 0 aliphatic carbocycles. The van der Waals surface area contributed by atoms with Crippen LogP contribution >= 0.6 is 11.6 Å². The highest BCUT2D eigenvalue weighted by molar-refractivity contribution is 6.30. The van der Waals surface area contributed by atoms with E-state index in [-0.39, 0.29) is 17.5 Å². The second kappa shape index (κ2) is 10.1. The van der Waals surface area contributed by atoms with Gasteiger partial charge in [-0.3, -0.25) is 9.59 Å². The van der Waals surface area contributed by atoms with Crippen LogP contribution in [0.4, 0.5) is 4.39 Å². The van der Waals surface area contributed by atoms with Crippen LogP contribution in [0.25, 0.3) is 0 Å². The van der Waals surface area contributed by atoms with Crippen molar-refractivity contribution in [3.05, 3.63) is 99.3 Å². The fourth-order valence-corrected chi connectivity index (χ4v) is 4.70. The quantitative estimate of drug-likeness (QED) is 0.448. The third-order valence-corrected chi connectivity index (χ3v) is 6.62. The van der Waals surface area contributed by atoms with Crippen LogP contribution in [0, 0.1) is 12.7 Å². The van der Waals surface area contributed by atoms with Gasteiger partial charge in [0.25, 0.3) is 5.91 Å². The van der Waals surface area contributed by atoms with Crippen LogP contribution in [0.3, 0.4) is 0 Å². The Morgan fingerprint density at radius 2 is 1.91 bits per heavy atom. The van der Waals surface area contributed by atoms with Gasteiger partial charge in [0.15, 0.2) is 0 Å². The molecule has 0 bridgehead atoms. The van der Waals surface area contributed by atoms with Crippen LogP contribution in [0.5, 0.6) is 5.75 Å². The molecule has 3 aromatic rings. The first kappa shape index (κ1) is 24.7. The minimum atomic E-state index is -1.06. The fraction of sp³-hybridized carbons (Fsp3) is 0.286. The number of rotatable bonds is 8. The molecule has 3 aromatic carbocycles. The number of carboxylic acids is 1. The maximum Gasteiger partial charge on any atom is 0.323 e. The Bertz CT molecular complexity index is 1280. The van der Waals surface area contributed by atoms with Crippen molar-refractivity contribution in [3.8, 4) is 5.75 Å². The van der Waals surface area contributed by atoms with Gasteiger partial charge in [0.05, 0.1) is 5.02 Å². The van der Waals surface area contributed by atoms with E-state index in [9.17, 15) is 19.1 Å². The van der Waals surface area contributed by atoms with E-state index in [1.807, 2.05) is 38.1 Å². The summed E-state index contributed by atoms with van der Waals surface area (Å²) in [7, 11) is 0. The van der Waals surface area contributed by atoms with Crippen molar-refractivity contribution in [2.75, 3.05) is 13.1 Å². The third-order valence-electron chi connectivity index (χ3n) is 6.32. The van der Waals surface area contributed by atoms with Crippen molar-refractivity contribution >= 4 is 23.5 Å². The summed E-state index contributed by atoms with van der Waals surface area (Å²) in [5, 5.41) is 9.46. The molecule has 0 fully saturated rings. The predicted octanol–water partition coefficient (Wildman–Crippen LogP) is 5.49. The molecule has 35 heavy (non-hydrogen) atoms. The normalized spacial score (nSPS) is 16.5. The first-order chi connectivity index (χ1) is 16.6. The SMILES string of the molecule is Cc1ccccc1CCN(CC(=O)O)C(=O)c1ccc2c(c1)C[C@](C)(Cc1ccc(Cl)c(F)c1)O2. The van der Waals surface area contributed by atoms with Gasteiger partial charge >= 0.3 is 5.97 Å². The Labute approximate surface area is 209 Å². The molecule has 1 aliphatic heterocycles. The number of aryl methyl sites for hydroxylation is 1. The molecule has 1 aliphatic rings. The van der Waals surface area contributed by atoms with Crippen LogP contribution < -0.4 is 4.74 Å². The van der Waals surface area contributed by atoms with Gasteiger partial charge in [-0.15, -0.1) is 0 Å². The van der Waals surface area contributed by atoms with Crippen LogP contribution in [-0.2, 0) is 24.1 Å². The number of carboxylic acid groups (broad SMARTS) is 1. The van der Waals surface area contributed by atoms with E-state index in [2.05, 4.69) is 0 Å². The highest BCUT2D eigenvalue weighted by Crippen LogP contribution is 2.38. The smallest absolute Gasteiger partial charge is 0.323 e. The summed E-state index contributed by atoms with van der Waals surface area (Å²) in [4.78, 5) is 26.1. The monoisotopic (exact) mass is 495 g/mol. The van der Waals surface area contributed by atoms with Crippen molar-refractivity contribution in [2.24, 2.45) is 0 Å². The molecule has 0 saturated carbocycles. The molecule has 1 atom stereocenters. The van der Waals surface area contributed by atoms with Gasteiger partial charge in [0.1, 0.15) is 23.7 Å². The zero-order valence-electron chi connectivity index (χ0n) is 19.7. The Morgan fingerprint density at radius 1 is 1.14 bits per heavy atom. The van der Waals surface area contributed by atoms with Crippen molar-refractivity contribution < 1.29 is 23.8 Å². The van der Waals surface area contributed by atoms with Crippen LogP contribution in [0.15, 0.2) is 60.7 Å². The molecule has 4 rings (SSSR count). The summed E-state index contributed by atoms with van der Waals surface area (Å²) in [6.07, 6.45) is 1.58. The fourth-order valence-electron chi connectivity index (χ4n) is 4.58. The number of carbonyl (C=O) groups excluding carboxylic acids is 1.